The molecule has 3 heterocycles. The van der Waals surface area contributed by atoms with E-state index in [4.69, 9.17) is 0 Å². The molecule has 1 aliphatic heterocycles. The van der Waals surface area contributed by atoms with Crippen molar-refractivity contribution in [2.75, 3.05) is 11.4 Å². The Bertz CT molecular complexity index is 578. The topological polar surface area (TPSA) is 33.4 Å². The number of halogens is 3. The van der Waals surface area contributed by atoms with Gasteiger partial charge in [0.2, 0.25) is 0 Å². The number of alkyl halides is 3. The van der Waals surface area contributed by atoms with Crippen molar-refractivity contribution in [3.05, 3.63) is 24.5 Å². The third-order valence-corrected chi connectivity index (χ3v) is 3.42. The van der Waals surface area contributed by atoms with Gasteiger partial charge in [-0.3, -0.25) is 0 Å². The number of nitrogens with zero attached hydrogens (tertiary/aromatic N) is 4. The smallest absolute Gasteiger partial charge is 0.344 e. The Kier molecular flexibility index (Phi) is 2.83. The zero-order valence-corrected chi connectivity index (χ0v) is 10.1. The SMILES string of the molecule is FC(F)(F)C1CCCCN1c1ccn2nccc2n1. The number of aromatic nitrogens is 3. The van der Waals surface area contributed by atoms with Gasteiger partial charge in [0, 0.05) is 18.8 Å². The van der Waals surface area contributed by atoms with Crippen LogP contribution in [0.4, 0.5) is 19.0 Å². The fourth-order valence-corrected chi connectivity index (χ4v) is 2.51. The summed E-state index contributed by atoms with van der Waals surface area (Å²) in [6, 6.07) is 1.83. The van der Waals surface area contributed by atoms with Crippen molar-refractivity contribution in [1.29, 1.82) is 0 Å². The zero-order valence-electron chi connectivity index (χ0n) is 10.1. The first-order valence-corrected chi connectivity index (χ1v) is 6.19. The fraction of sp³-hybridized carbons (Fsp3) is 0.500. The molecule has 19 heavy (non-hydrogen) atoms. The van der Waals surface area contributed by atoms with Crippen LogP contribution in [0.15, 0.2) is 24.5 Å². The Labute approximate surface area is 107 Å². The van der Waals surface area contributed by atoms with Crippen LogP contribution in [0.3, 0.4) is 0 Å². The summed E-state index contributed by atoms with van der Waals surface area (Å²) in [5.74, 6) is 0.370. The van der Waals surface area contributed by atoms with Gasteiger partial charge in [0.15, 0.2) is 5.65 Å². The molecule has 0 amide bonds. The molecule has 2 aromatic heterocycles. The molecule has 0 N–H and O–H groups in total. The fourth-order valence-electron chi connectivity index (χ4n) is 2.51. The minimum Gasteiger partial charge on any atom is -0.344 e. The summed E-state index contributed by atoms with van der Waals surface area (Å²) in [4.78, 5) is 5.61. The number of rotatable bonds is 1. The summed E-state index contributed by atoms with van der Waals surface area (Å²) < 4.78 is 40.7. The molecule has 1 unspecified atom stereocenters. The van der Waals surface area contributed by atoms with Crippen molar-refractivity contribution in [3.8, 4) is 0 Å². The van der Waals surface area contributed by atoms with Crippen LogP contribution in [0.2, 0.25) is 0 Å². The van der Waals surface area contributed by atoms with E-state index in [9.17, 15) is 13.2 Å². The quantitative estimate of drug-likeness (QED) is 0.798. The van der Waals surface area contributed by atoms with Gasteiger partial charge >= 0.3 is 6.18 Å². The van der Waals surface area contributed by atoms with Crippen LogP contribution in [0, 0.1) is 0 Å². The van der Waals surface area contributed by atoms with Gasteiger partial charge in [0.25, 0.3) is 0 Å². The molecule has 0 aromatic carbocycles. The molecule has 1 fully saturated rings. The third-order valence-electron chi connectivity index (χ3n) is 3.42. The summed E-state index contributed by atoms with van der Waals surface area (Å²) in [6.45, 7) is 0.390. The minimum absolute atomic E-state index is 0.135. The Morgan fingerprint density at radius 3 is 2.84 bits per heavy atom. The molecule has 1 saturated heterocycles. The molecule has 7 heteroatoms. The van der Waals surface area contributed by atoms with Crippen LogP contribution in [0.5, 0.6) is 0 Å². The monoisotopic (exact) mass is 270 g/mol. The van der Waals surface area contributed by atoms with Crippen LogP contribution >= 0.6 is 0 Å². The molecule has 0 spiro atoms. The summed E-state index contributed by atoms with van der Waals surface area (Å²) in [5, 5.41) is 3.99. The molecule has 0 saturated carbocycles. The molecular formula is C12H13F3N4. The van der Waals surface area contributed by atoms with E-state index in [1.807, 2.05) is 0 Å². The highest BCUT2D eigenvalue weighted by molar-refractivity contribution is 5.48. The molecule has 1 atom stereocenters. The lowest BCUT2D eigenvalue weighted by atomic mass is 10.0. The van der Waals surface area contributed by atoms with Crippen LogP contribution in [-0.4, -0.2) is 33.4 Å². The summed E-state index contributed by atoms with van der Waals surface area (Å²) in [7, 11) is 0. The predicted octanol–water partition coefficient (Wildman–Crippen LogP) is 2.65. The van der Waals surface area contributed by atoms with Crippen LogP contribution in [0.25, 0.3) is 5.65 Å². The van der Waals surface area contributed by atoms with Gasteiger partial charge in [-0.15, -0.1) is 0 Å². The summed E-state index contributed by atoms with van der Waals surface area (Å²) in [6.07, 6.45) is 0.502. The maximum Gasteiger partial charge on any atom is 0.408 e. The molecular weight excluding hydrogens is 257 g/mol. The van der Waals surface area contributed by atoms with Crippen molar-refractivity contribution in [3.63, 3.8) is 0 Å². The largest absolute Gasteiger partial charge is 0.408 e. The maximum absolute atomic E-state index is 13.0. The van der Waals surface area contributed by atoms with Gasteiger partial charge in [-0.05, 0) is 25.3 Å². The Hall–Kier alpha value is -1.79. The van der Waals surface area contributed by atoms with E-state index in [1.165, 1.54) is 9.42 Å². The van der Waals surface area contributed by atoms with E-state index in [2.05, 4.69) is 10.1 Å². The molecule has 102 valence electrons. The van der Waals surface area contributed by atoms with Gasteiger partial charge in [0.1, 0.15) is 11.9 Å². The highest BCUT2D eigenvalue weighted by Gasteiger charge is 2.45. The number of anilines is 1. The molecule has 3 rings (SSSR count). The standard InChI is InChI=1S/C12H13F3N4/c13-12(14,15)9-3-1-2-7-18(9)10-5-8-19-11(17-10)4-6-16-19/h4-6,8-9H,1-3,7H2. The van der Waals surface area contributed by atoms with Crippen LogP contribution in [0.1, 0.15) is 19.3 Å². The highest BCUT2D eigenvalue weighted by atomic mass is 19.4. The molecule has 0 aliphatic carbocycles. The first-order valence-electron chi connectivity index (χ1n) is 6.19. The van der Waals surface area contributed by atoms with Crippen molar-refractivity contribution >= 4 is 11.5 Å². The predicted molar refractivity (Wildman–Crippen MR) is 64.0 cm³/mol. The zero-order chi connectivity index (χ0) is 13.5. The number of piperidine rings is 1. The molecule has 0 radical (unpaired) electrons. The van der Waals surface area contributed by atoms with E-state index in [1.54, 1.807) is 24.5 Å². The number of hydrogen-bond donors (Lipinski definition) is 0. The Balaban J connectivity index is 1.97. The number of hydrogen-bond acceptors (Lipinski definition) is 3. The van der Waals surface area contributed by atoms with Crippen molar-refractivity contribution in [2.24, 2.45) is 0 Å². The Morgan fingerprint density at radius 1 is 1.21 bits per heavy atom. The normalized spacial score (nSPS) is 21.0. The first kappa shape index (κ1) is 12.3. The van der Waals surface area contributed by atoms with Crippen molar-refractivity contribution < 1.29 is 13.2 Å². The average molecular weight is 270 g/mol. The van der Waals surface area contributed by atoms with E-state index >= 15 is 0 Å². The van der Waals surface area contributed by atoms with Crippen LogP contribution < -0.4 is 4.90 Å². The lowest BCUT2D eigenvalue weighted by Crippen LogP contribution is -2.49. The van der Waals surface area contributed by atoms with Crippen molar-refractivity contribution in [1.82, 2.24) is 14.6 Å². The molecule has 2 aromatic rings. The second-order valence-corrected chi connectivity index (χ2v) is 4.67. The number of fused-ring (bicyclic) bond motifs is 1. The second-order valence-electron chi connectivity index (χ2n) is 4.67. The van der Waals surface area contributed by atoms with E-state index in [0.717, 1.165) is 6.42 Å². The molecule has 0 bridgehead atoms. The Morgan fingerprint density at radius 2 is 2.05 bits per heavy atom. The maximum atomic E-state index is 13.0. The van der Waals surface area contributed by atoms with E-state index in [-0.39, 0.29) is 6.42 Å². The first-order chi connectivity index (χ1) is 9.05. The van der Waals surface area contributed by atoms with Gasteiger partial charge in [-0.1, -0.05) is 0 Å². The molecule has 4 nitrogen and oxygen atoms in total. The highest BCUT2D eigenvalue weighted by Crippen LogP contribution is 2.34. The summed E-state index contributed by atoms with van der Waals surface area (Å²) in [5.41, 5.74) is 0.559. The summed E-state index contributed by atoms with van der Waals surface area (Å²) >= 11 is 0. The van der Waals surface area contributed by atoms with E-state index < -0.39 is 12.2 Å². The third kappa shape index (κ3) is 2.24. The lowest BCUT2D eigenvalue weighted by Gasteiger charge is -2.37. The second kappa shape index (κ2) is 4.40. The van der Waals surface area contributed by atoms with Gasteiger partial charge in [-0.2, -0.15) is 18.3 Å². The lowest BCUT2D eigenvalue weighted by molar-refractivity contribution is -0.152. The average Bonchev–Trinajstić information content (AvgIpc) is 2.85. The van der Waals surface area contributed by atoms with E-state index in [0.29, 0.717) is 24.4 Å². The van der Waals surface area contributed by atoms with Gasteiger partial charge in [0.05, 0.1) is 6.20 Å². The minimum atomic E-state index is -4.21. The van der Waals surface area contributed by atoms with Crippen molar-refractivity contribution in [2.45, 2.75) is 31.5 Å². The van der Waals surface area contributed by atoms with Crippen LogP contribution in [-0.2, 0) is 0 Å². The molecule has 1 aliphatic rings. The van der Waals surface area contributed by atoms with Gasteiger partial charge < -0.3 is 4.90 Å². The van der Waals surface area contributed by atoms with Gasteiger partial charge in [-0.25, -0.2) is 9.50 Å².